The second-order valence-corrected chi connectivity index (χ2v) is 9.74. The summed E-state index contributed by atoms with van der Waals surface area (Å²) in [5, 5.41) is 3.40. The standard InChI is InChI=1S/C20H34N2O/c1-19(2,22-6-4-3-5-7-22)14-21-18(23)20-11-15-8-16(12-20)10-17(9-15)13-20/h15-17H,3-14H2,1-2H3,(H,21,23). The number of amides is 1. The molecule has 1 aliphatic heterocycles. The summed E-state index contributed by atoms with van der Waals surface area (Å²) in [6, 6.07) is 0. The maximum Gasteiger partial charge on any atom is 0.226 e. The Balaban J connectivity index is 1.38. The molecule has 4 aliphatic carbocycles. The number of piperidine rings is 1. The van der Waals surface area contributed by atoms with Crippen LogP contribution in [0.2, 0.25) is 0 Å². The first-order valence-corrected chi connectivity index (χ1v) is 10.0. The summed E-state index contributed by atoms with van der Waals surface area (Å²) in [5.41, 5.74) is 0.102. The van der Waals surface area contributed by atoms with Gasteiger partial charge in [-0.1, -0.05) is 6.42 Å². The van der Waals surface area contributed by atoms with E-state index in [0.29, 0.717) is 5.91 Å². The maximum absolute atomic E-state index is 13.1. The molecule has 4 saturated carbocycles. The Hall–Kier alpha value is -0.570. The van der Waals surface area contributed by atoms with E-state index in [0.717, 1.165) is 24.3 Å². The molecule has 5 rings (SSSR count). The quantitative estimate of drug-likeness (QED) is 0.859. The summed E-state index contributed by atoms with van der Waals surface area (Å²) in [4.78, 5) is 15.7. The van der Waals surface area contributed by atoms with Gasteiger partial charge in [0.2, 0.25) is 5.91 Å². The monoisotopic (exact) mass is 318 g/mol. The molecular weight excluding hydrogens is 284 g/mol. The van der Waals surface area contributed by atoms with Gasteiger partial charge in [-0.2, -0.15) is 0 Å². The maximum atomic E-state index is 13.1. The van der Waals surface area contributed by atoms with Gasteiger partial charge in [0.25, 0.3) is 0 Å². The fourth-order valence-electron chi connectivity index (χ4n) is 6.48. The van der Waals surface area contributed by atoms with Crippen LogP contribution in [0, 0.1) is 23.2 Å². The van der Waals surface area contributed by atoms with E-state index >= 15 is 0 Å². The van der Waals surface area contributed by atoms with Crippen molar-refractivity contribution in [3.63, 3.8) is 0 Å². The van der Waals surface area contributed by atoms with Crippen LogP contribution in [-0.4, -0.2) is 36.0 Å². The Morgan fingerprint density at radius 1 is 1.00 bits per heavy atom. The lowest BCUT2D eigenvalue weighted by molar-refractivity contribution is -0.146. The Labute approximate surface area is 141 Å². The number of nitrogens with zero attached hydrogens (tertiary/aromatic N) is 1. The average molecular weight is 319 g/mol. The number of likely N-dealkylation sites (tertiary alicyclic amines) is 1. The molecule has 3 heteroatoms. The Morgan fingerprint density at radius 3 is 2.04 bits per heavy atom. The van der Waals surface area contributed by atoms with E-state index in [1.54, 1.807) is 0 Å². The number of rotatable bonds is 4. The first kappa shape index (κ1) is 15.9. The second kappa shape index (κ2) is 5.75. The van der Waals surface area contributed by atoms with Gasteiger partial charge in [0.1, 0.15) is 0 Å². The lowest BCUT2D eigenvalue weighted by Gasteiger charge is -2.56. The van der Waals surface area contributed by atoms with Gasteiger partial charge in [-0.25, -0.2) is 0 Å². The minimum absolute atomic E-state index is 0.00667. The third-order valence-electron chi connectivity index (χ3n) is 7.41. The molecule has 3 nitrogen and oxygen atoms in total. The lowest BCUT2D eigenvalue weighted by Crippen LogP contribution is -2.58. The van der Waals surface area contributed by atoms with Gasteiger partial charge in [0, 0.05) is 17.5 Å². The second-order valence-electron chi connectivity index (χ2n) is 9.74. The summed E-state index contributed by atoms with van der Waals surface area (Å²) >= 11 is 0. The van der Waals surface area contributed by atoms with Crippen LogP contribution in [0.15, 0.2) is 0 Å². The molecule has 0 spiro atoms. The van der Waals surface area contributed by atoms with Gasteiger partial charge in [0.05, 0.1) is 0 Å². The zero-order valence-electron chi connectivity index (χ0n) is 15.1. The third-order valence-corrected chi connectivity index (χ3v) is 7.41. The molecule has 0 aromatic carbocycles. The topological polar surface area (TPSA) is 32.3 Å². The highest BCUT2D eigenvalue weighted by Crippen LogP contribution is 2.60. The van der Waals surface area contributed by atoms with E-state index in [1.165, 1.54) is 70.9 Å². The largest absolute Gasteiger partial charge is 0.354 e. The predicted molar refractivity (Wildman–Crippen MR) is 93.1 cm³/mol. The van der Waals surface area contributed by atoms with E-state index in [-0.39, 0.29) is 11.0 Å². The number of nitrogens with one attached hydrogen (secondary N) is 1. The van der Waals surface area contributed by atoms with Crippen LogP contribution in [-0.2, 0) is 4.79 Å². The smallest absolute Gasteiger partial charge is 0.226 e. The number of carbonyl (C=O) groups is 1. The van der Waals surface area contributed by atoms with Gasteiger partial charge < -0.3 is 5.32 Å². The van der Waals surface area contributed by atoms with E-state index in [4.69, 9.17) is 0 Å². The van der Waals surface area contributed by atoms with Crippen molar-refractivity contribution in [2.24, 2.45) is 23.2 Å². The van der Waals surface area contributed by atoms with E-state index < -0.39 is 0 Å². The average Bonchev–Trinajstić information content (AvgIpc) is 2.52. The predicted octanol–water partition coefficient (Wildman–Crippen LogP) is 3.58. The molecule has 1 N–H and O–H groups in total. The van der Waals surface area contributed by atoms with Crippen molar-refractivity contribution in [2.75, 3.05) is 19.6 Å². The SMILES string of the molecule is CC(C)(CNC(=O)C12CC3CC(CC(C3)C1)C2)N1CCCCC1. The van der Waals surface area contributed by atoms with Crippen LogP contribution >= 0.6 is 0 Å². The molecule has 23 heavy (non-hydrogen) atoms. The summed E-state index contributed by atoms with van der Waals surface area (Å²) in [6.07, 6.45) is 11.7. The van der Waals surface area contributed by atoms with Gasteiger partial charge in [-0.15, -0.1) is 0 Å². The van der Waals surface area contributed by atoms with Crippen molar-refractivity contribution in [3.8, 4) is 0 Å². The molecule has 1 amide bonds. The van der Waals surface area contributed by atoms with Gasteiger partial charge in [0.15, 0.2) is 0 Å². The van der Waals surface area contributed by atoms with Crippen molar-refractivity contribution in [3.05, 3.63) is 0 Å². The highest BCUT2D eigenvalue weighted by atomic mass is 16.2. The minimum Gasteiger partial charge on any atom is -0.354 e. The summed E-state index contributed by atoms with van der Waals surface area (Å²) in [5.74, 6) is 2.94. The third kappa shape index (κ3) is 2.94. The molecule has 1 saturated heterocycles. The first-order valence-electron chi connectivity index (χ1n) is 10.0. The van der Waals surface area contributed by atoms with Crippen LogP contribution in [0.4, 0.5) is 0 Å². The van der Waals surface area contributed by atoms with E-state index in [9.17, 15) is 4.79 Å². The summed E-state index contributed by atoms with van der Waals surface area (Å²) in [6.45, 7) is 7.81. The summed E-state index contributed by atoms with van der Waals surface area (Å²) in [7, 11) is 0. The fourth-order valence-corrected chi connectivity index (χ4v) is 6.48. The number of hydrogen-bond acceptors (Lipinski definition) is 2. The highest BCUT2D eigenvalue weighted by molar-refractivity contribution is 5.83. The Morgan fingerprint density at radius 2 is 1.52 bits per heavy atom. The minimum atomic E-state index is 0.00667. The van der Waals surface area contributed by atoms with Crippen molar-refractivity contribution >= 4 is 5.91 Å². The molecule has 5 fully saturated rings. The molecule has 0 radical (unpaired) electrons. The number of carbonyl (C=O) groups excluding carboxylic acids is 1. The van der Waals surface area contributed by atoms with Crippen molar-refractivity contribution in [2.45, 2.75) is 77.2 Å². The molecule has 4 bridgehead atoms. The molecule has 5 aliphatic rings. The van der Waals surface area contributed by atoms with Crippen molar-refractivity contribution in [1.82, 2.24) is 10.2 Å². The fraction of sp³-hybridized carbons (Fsp3) is 0.950. The zero-order valence-corrected chi connectivity index (χ0v) is 15.1. The van der Waals surface area contributed by atoms with Crippen LogP contribution in [0.1, 0.15) is 71.6 Å². The van der Waals surface area contributed by atoms with Crippen LogP contribution in [0.5, 0.6) is 0 Å². The number of hydrogen-bond donors (Lipinski definition) is 1. The molecule has 0 unspecified atom stereocenters. The van der Waals surface area contributed by atoms with E-state index in [1.807, 2.05) is 0 Å². The molecule has 0 aromatic rings. The van der Waals surface area contributed by atoms with Gasteiger partial charge >= 0.3 is 0 Å². The van der Waals surface area contributed by atoms with E-state index in [2.05, 4.69) is 24.1 Å². The molecular formula is C20H34N2O. The van der Waals surface area contributed by atoms with Crippen LogP contribution < -0.4 is 5.32 Å². The van der Waals surface area contributed by atoms with Crippen LogP contribution in [0.25, 0.3) is 0 Å². The molecule has 1 heterocycles. The summed E-state index contributed by atoms with van der Waals surface area (Å²) < 4.78 is 0. The molecule has 130 valence electrons. The van der Waals surface area contributed by atoms with Crippen molar-refractivity contribution in [1.29, 1.82) is 0 Å². The molecule has 0 atom stereocenters. The zero-order chi connectivity index (χ0) is 16.1. The normalized spacial score (nSPS) is 40.3. The molecule has 0 aromatic heterocycles. The van der Waals surface area contributed by atoms with Gasteiger partial charge in [-0.05, 0) is 96.1 Å². The Bertz CT molecular complexity index is 429. The van der Waals surface area contributed by atoms with Crippen LogP contribution in [0.3, 0.4) is 0 Å². The lowest BCUT2D eigenvalue weighted by atomic mass is 9.49. The Kier molecular flexibility index (Phi) is 3.98. The first-order chi connectivity index (χ1) is 11.0. The van der Waals surface area contributed by atoms with Crippen molar-refractivity contribution < 1.29 is 4.79 Å². The highest BCUT2D eigenvalue weighted by Gasteiger charge is 2.54. The van der Waals surface area contributed by atoms with Gasteiger partial charge in [-0.3, -0.25) is 9.69 Å².